The molecule has 0 radical (unpaired) electrons. The van der Waals surface area contributed by atoms with Gasteiger partial charge in [-0.25, -0.2) is 4.79 Å². The van der Waals surface area contributed by atoms with Gasteiger partial charge in [0.15, 0.2) is 0 Å². The number of carbonyl (C=O) groups is 1. The van der Waals surface area contributed by atoms with Gasteiger partial charge in [-0.2, -0.15) is 0 Å². The molecule has 1 aliphatic rings. The maximum absolute atomic E-state index is 11.8. The summed E-state index contributed by atoms with van der Waals surface area (Å²) in [4.78, 5) is 13.6. The molecular weight excluding hydrogens is 192 g/mol. The molecule has 1 saturated heterocycles. The molecule has 0 unspecified atom stereocenters. The van der Waals surface area contributed by atoms with Crippen molar-refractivity contribution in [1.82, 2.24) is 4.90 Å². The van der Waals surface area contributed by atoms with E-state index in [-0.39, 0.29) is 18.2 Å². The molecule has 1 heterocycles. The highest BCUT2D eigenvalue weighted by atomic mass is 16.6. The van der Waals surface area contributed by atoms with Crippen molar-refractivity contribution in [2.45, 2.75) is 58.2 Å². The zero-order valence-electron chi connectivity index (χ0n) is 10.1. The molecule has 15 heavy (non-hydrogen) atoms. The molecule has 4 heteroatoms. The molecule has 0 bridgehead atoms. The lowest BCUT2D eigenvalue weighted by Crippen LogP contribution is -2.53. The van der Waals surface area contributed by atoms with E-state index in [1.165, 1.54) is 0 Å². The van der Waals surface area contributed by atoms with Crippen molar-refractivity contribution in [1.29, 1.82) is 0 Å². The number of ether oxygens (including phenoxy) is 1. The van der Waals surface area contributed by atoms with E-state index in [1.807, 2.05) is 27.7 Å². The van der Waals surface area contributed by atoms with E-state index in [4.69, 9.17) is 10.5 Å². The molecule has 1 amide bonds. The van der Waals surface area contributed by atoms with E-state index in [9.17, 15) is 4.79 Å². The maximum Gasteiger partial charge on any atom is 0.410 e. The number of likely N-dealkylation sites (tertiary alicyclic amines) is 1. The third-order valence-electron chi connectivity index (χ3n) is 2.68. The van der Waals surface area contributed by atoms with Crippen molar-refractivity contribution in [2.75, 3.05) is 6.54 Å². The smallest absolute Gasteiger partial charge is 0.410 e. The summed E-state index contributed by atoms with van der Waals surface area (Å²) in [7, 11) is 0. The molecule has 88 valence electrons. The van der Waals surface area contributed by atoms with Gasteiger partial charge in [0.05, 0.1) is 0 Å². The van der Waals surface area contributed by atoms with Gasteiger partial charge < -0.3 is 15.4 Å². The summed E-state index contributed by atoms with van der Waals surface area (Å²) in [5.41, 5.74) is 5.49. The molecular formula is C11H22N2O2. The third kappa shape index (κ3) is 3.38. The molecule has 1 aliphatic heterocycles. The summed E-state index contributed by atoms with van der Waals surface area (Å²) >= 11 is 0. The van der Waals surface area contributed by atoms with Gasteiger partial charge >= 0.3 is 6.09 Å². The standard InChI is InChI=1S/C11H22N2O2/c1-8-9(12)6-5-7-13(8)10(14)15-11(2,3)4/h8-9H,5-7,12H2,1-4H3/t8-,9-/m0/s1. The number of hydrogen-bond donors (Lipinski definition) is 1. The van der Waals surface area contributed by atoms with Crippen LogP contribution in [0.25, 0.3) is 0 Å². The number of piperidine rings is 1. The Kier molecular flexibility index (Phi) is 3.60. The van der Waals surface area contributed by atoms with Gasteiger partial charge in [-0.1, -0.05) is 0 Å². The molecule has 1 fully saturated rings. The van der Waals surface area contributed by atoms with Gasteiger partial charge in [0, 0.05) is 18.6 Å². The minimum Gasteiger partial charge on any atom is -0.444 e. The molecule has 4 nitrogen and oxygen atoms in total. The predicted octanol–water partition coefficient (Wildman–Crippen LogP) is 1.73. The summed E-state index contributed by atoms with van der Waals surface area (Å²) in [5.74, 6) is 0. The normalized spacial score (nSPS) is 27.7. The van der Waals surface area contributed by atoms with E-state index in [0.29, 0.717) is 0 Å². The summed E-state index contributed by atoms with van der Waals surface area (Å²) in [5, 5.41) is 0. The zero-order valence-corrected chi connectivity index (χ0v) is 10.1. The van der Waals surface area contributed by atoms with Gasteiger partial charge in [0.2, 0.25) is 0 Å². The Bertz CT molecular complexity index is 235. The third-order valence-corrected chi connectivity index (χ3v) is 2.68. The Morgan fingerprint density at radius 2 is 2.07 bits per heavy atom. The topological polar surface area (TPSA) is 55.6 Å². The van der Waals surface area contributed by atoms with Gasteiger partial charge in [-0.15, -0.1) is 0 Å². The first kappa shape index (κ1) is 12.3. The van der Waals surface area contributed by atoms with Crippen LogP contribution < -0.4 is 5.73 Å². The maximum atomic E-state index is 11.8. The Labute approximate surface area is 91.8 Å². The molecule has 2 atom stereocenters. The first-order valence-electron chi connectivity index (χ1n) is 5.56. The van der Waals surface area contributed by atoms with Crippen LogP contribution >= 0.6 is 0 Å². The van der Waals surface area contributed by atoms with Crippen molar-refractivity contribution in [3.63, 3.8) is 0 Å². The molecule has 0 aliphatic carbocycles. The molecule has 0 aromatic carbocycles. The van der Waals surface area contributed by atoms with Crippen molar-refractivity contribution < 1.29 is 9.53 Å². The van der Waals surface area contributed by atoms with Gasteiger partial charge in [-0.05, 0) is 40.5 Å². The van der Waals surface area contributed by atoms with Gasteiger partial charge in [0.25, 0.3) is 0 Å². The molecule has 0 saturated carbocycles. The number of nitrogens with two attached hydrogens (primary N) is 1. The van der Waals surface area contributed by atoms with Crippen LogP contribution in [0.15, 0.2) is 0 Å². The second-order valence-corrected chi connectivity index (χ2v) is 5.22. The SMILES string of the molecule is C[C@H]1[C@@H](N)CCCN1C(=O)OC(C)(C)C. The zero-order chi connectivity index (χ0) is 11.6. The van der Waals surface area contributed by atoms with Crippen LogP contribution in [0.1, 0.15) is 40.5 Å². The highest BCUT2D eigenvalue weighted by Crippen LogP contribution is 2.19. The van der Waals surface area contributed by atoms with Crippen LogP contribution in [0.3, 0.4) is 0 Å². The van der Waals surface area contributed by atoms with E-state index in [2.05, 4.69) is 0 Å². The lowest BCUT2D eigenvalue weighted by molar-refractivity contribution is 0.00933. The second kappa shape index (κ2) is 4.39. The van der Waals surface area contributed by atoms with Crippen molar-refractivity contribution in [3.8, 4) is 0 Å². The second-order valence-electron chi connectivity index (χ2n) is 5.22. The van der Waals surface area contributed by atoms with E-state index in [1.54, 1.807) is 4.90 Å². The molecule has 0 aromatic heterocycles. The van der Waals surface area contributed by atoms with Crippen LogP contribution in [-0.2, 0) is 4.74 Å². The predicted molar refractivity (Wildman–Crippen MR) is 59.6 cm³/mol. The van der Waals surface area contributed by atoms with Gasteiger partial charge in [0.1, 0.15) is 5.60 Å². The number of rotatable bonds is 0. The molecule has 2 N–H and O–H groups in total. The fourth-order valence-electron chi connectivity index (χ4n) is 1.75. The van der Waals surface area contributed by atoms with E-state index < -0.39 is 5.60 Å². The summed E-state index contributed by atoms with van der Waals surface area (Å²) in [6, 6.07) is 0.153. The monoisotopic (exact) mass is 214 g/mol. The Morgan fingerprint density at radius 3 is 2.60 bits per heavy atom. The fourth-order valence-corrected chi connectivity index (χ4v) is 1.75. The van der Waals surface area contributed by atoms with E-state index >= 15 is 0 Å². The number of amides is 1. The fraction of sp³-hybridized carbons (Fsp3) is 0.909. The summed E-state index contributed by atoms with van der Waals surface area (Å²) in [6.07, 6.45) is 1.70. The van der Waals surface area contributed by atoms with E-state index in [0.717, 1.165) is 19.4 Å². The number of carbonyl (C=O) groups excluding carboxylic acids is 1. The van der Waals surface area contributed by atoms with Crippen LogP contribution in [0, 0.1) is 0 Å². The average molecular weight is 214 g/mol. The molecule has 1 rings (SSSR count). The van der Waals surface area contributed by atoms with Crippen molar-refractivity contribution in [2.24, 2.45) is 5.73 Å². The van der Waals surface area contributed by atoms with Crippen LogP contribution in [0.5, 0.6) is 0 Å². The minimum atomic E-state index is -0.432. The van der Waals surface area contributed by atoms with Crippen LogP contribution in [0.4, 0.5) is 4.79 Å². The quantitative estimate of drug-likeness (QED) is 0.668. The lowest BCUT2D eigenvalue weighted by atomic mass is 9.99. The average Bonchev–Trinajstić information content (AvgIpc) is 2.06. The Hall–Kier alpha value is -0.770. The first-order chi connectivity index (χ1) is 6.81. The number of nitrogens with zero attached hydrogens (tertiary/aromatic N) is 1. The Balaban J connectivity index is 2.59. The minimum absolute atomic E-state index is 0.0752. The largest absolute Gasteiger partial charge is 0.444 e. The highest BCUT2D eigenvalue weighted by Gasteiger charge is 2.31. The highest BCUT2D eigenvalue weighted by molar-refractivity contribution is 5.68. The van der Waals surface area contributed by atoms with Crippen LogP contribution in [0.2, 0.25) is 0 Å². The lowest BCUT2D eigenvalue weighted by Gasteiger charge is -2.38. The van der Waals surface area contributed by atoms with Crippen molar-refractivity contribution >= 4 is 6.09 Å². The first-order valence-corrected chi connectivity index (χ1v) is 5.56. The van der Waals surface area contributed by atoms with Gasteiger partial charge in [-0.3, -0.25) is 0 Å². The summed E-state index contributed by atoms with van der Waals surface area (Å²) in [6.45, 7) is 8.36. The summed E-state index contributed by atoms with van der Waals surface area (Å²) < 4.78 is 5.33. The molecule has 0 aromatic rings. The van der Waals surface area contributed by atoms with Crippen LogP contribution in [-0.4, -0.2) is 35.2 Å². The van der Waals surface area contributed by atoms with Crippen molar-refractivity contribution in [3.05, 3.63) is 0 Å². The number of hydrogen-bond acceptors (Lipinski definition) is 3. The Morgan fingerprint density at radius 1 is 1.47 bits per heavy atom. The molecule has 0 spiro atoms.